The van der Waals surface area contributed by atoms with Crippen LogP contribution >= 0.6 is 0 Å². The van der Waals surface area contributed by atoms with E-state index in [4.69, 9.17) is 0 Å². The van der Waals surface area contributed by atoms with Crippen molar-refractivity contribution < 1.29 is 9.59 Å². The van der Waals surface area contributed by atoms with Crippen LogP contribution in [0.4, 0.5) is 0 Å². The molecule has 4 heteroatoms. The van der Waals surface area contributed by atoms with E-state index in [1.54, 1.807) is 4.90 Å². The number of aromatic amines is 1. The minimum atomic E-state index is 0.0786. The van der Waals surface area contributed by atoms with Crippen molar-refractivity contribution in [2.75, 3.05) is 7.05 Å². The number of hydrogen-bond acceptors (Lipinski definition) is 2. The van der Waals surface area contributed by atoms with Crippen LogP contribution in [0, 0.1) is 0 Å². The summed E-state index contributed by atoms with van der Waals surface area (Å²) in [6.45, 7) is 0.635. The molecule has 0 atom stereocenters. The number of hydrogen-bond donors (Lipinski definition) is 1. The van der Waals surface area contributed by atoms with Gasteiger partial charge in [0.1, 0.15) is 0 Å². The number of H-pyrrole nitrogens is 1. The second kappa shape index (κ2) is 3.77. The van der Waals surface area contributed by atoms with Crippen LogP contribution in [0.3, 0.4) is 0 Å². The highest BCUT2D eigenvalue weighted by Gasteiger charge is 2.29. The monoisotopic (exact) mass is 290 g/mol. The molecule has 1 amide bonds. The minimum Gasteiger partial charge on any atom is -0.354 e. The highest BCUT2D eigenvalue weighted by atomic mass is 16.2. The second-order valence-electron chi connectivity index (χ2n) is 6.24. The normalized spacial score (nSPS) is 16.9. The van der Waals surface area contributed by atoms with E-state index in [-0.39, 0.29) is 11.7 Å². The van der Waals surface area contributed by atoms with Crippen LogP contribution in [0.25, 0.3) is 21.8 Å². The van der Waals surface area contributed by atoms with Gasteiger partial charge in [-0.05, 0) is 41.8 Å². The number of benzene rings is 2. The number of nitrogens with one attached hydrogen (secondary N) is 1. The Hall–Kier alpha value is -2.62. The molecule has 108 valence electrons. The topological polar surface area (TPSA) is 53.2 Å². The number of carbonyl (C=O) groups excluding carboxylic acids is 2. The van der Waals surface area contributed by atoms with E-state index in [0.717, 1.165) is 50.5 Å². The summed E-state index contributed by atoms with van der Waals surface area (Å²) in [6, 6.07) is 7.81. The minimum absolute atomic E-state index is 0.0786. The molecule has 0 saturated carbocycles. The van der Waals surface area contributed by atoms with Gasteiger partial charge in [-0.15, -0.1) is 0 Å². The largest absolute Gasteiger partial charge is 0.354 e. The molecule has 1 aliphatic heterocycles. The SMILES string of the molecule is CN1Cc2c(ccc3[nH]c4ccc5c(c4c23)CCC5=O)C1=O. The summed E-state index contributed by atoms with van der Waals surface area (Å²) in [5, 5.41) is 2.26. The third kappa shape index (κ3) is 1.28. The van der Waals surface area contributed by atoms with Crippen LogP contribution in [0.15, 0.2) is 24.3 Å². The molecule has 0 radical (unpaired) electrons. The number of amides is 1. The van der Waals surface area contributed by atoms with E-state index in [9.17, 15) is 9.59 Å². The van der Waals surface area contributed by atoms with Gasteiger partial charge in [0.25, 0.3) is 5.91 Å². The molecule has 0 fully saturated rings. The van der Waals surface area contributed by atoms with Gasteiger partial charge >= 0.3 is 0 Å². The third-order valence-electron chi connectivity index (χ3n) is 5.02. The predicted octanol–water partition coefficient (Wildman–Crippen LogP) is 3.04. The summed E-state index contributed by atoms with van der Waals surface area (Å²) in [7, 11) is 1.83. The Morgan fingerprint density at radius 3 is 2.36 bits per heavy atom. The summed E-state index contributed by atoms with van der Waals surface area (Å²) in [5.41, 5.74) is 5.97. The zero-order valence-electron chi connectivity index (χ0n) is 12.2. The predicted molar refractivity (Wildman–Crippen MR) is 84.3 cm³/mol. The Labute approximate surface area is 126 Å². The van der Waals surface area contributed by atoms with Crippen molar-refractivity contribution in [3.63, 3.8) is 0 Å². The van der Waals surface area contributed by atoms with Crippen molar-refractivity contribution in [1.29, 1.82) is 0 Å². The van der Waals surface area contributed by atoms with Crippen molar-refractivity contribution >= 4 is 33.5 Å². The number of aryl methyl sites for hydroxylation is 1. The first-order chi connectivity index (χ1) is 10.6. The fourth-order valence-electron chi connectivity index (χ4n) is 3.99. The summed E-state index contributed by atoms with van der Waals surface area (Å²) < 4.78 is 0. The van der Waals surface area contributed by atoms with E-state index < -0.39 is 0 Å². The number of nitrogens with zero attached hydrogens (tertiary/aromatic N) is 1. The molecule has 0 spiro atoms. The Kier molecular flexibility index (Phi) is 2.05. The van der Waals surface area contributed by atoms with E-state index in [1.165, 1.54) is 0 Å². The molecule has 5 rings (SSSR count). The van der Waals surface area contributed by atoms with Gasteiger partial charge in [0.05, 0.1) is 0 Å². The van der Waals surface area contributed by atoms with Crippen LogP contribution in [-0.2, 0) is 13.0 Å². The van der Waals surface area contributed by atoms with Crippen LogP contribution in [0.1, 0.15) is 38.3 Å². The van der Waals surface area contributed by atoms with Crippen molar-refractivity contribution in [3.8, 4) is 0 Å². The van der Waals surface area contributed by atoms with E-state index in [0.29, 0.717) is 13.0 Å². The molecular weight excluding hydrogens is 276 g/mol. The van der Waals surface area contributed by atoms with Crippen LogP contribution in [0.2, 0.25) is 0 Å². The van der Waals surface area contributed by atoms with Crippen molar-refractivity contribution in [2.45, 2.75) is 19.4 Å². The lowest BCUT2D eigenvalue weighted by molar-refractivity contribution is 0.0816. The maximum Gasteiger partial charge on any atom is 0.254 e. The Bertz CT molecular complexity index is 1010. The van der Waals surface area contributed by atoms with Gasteiger partial charge in [-0.3, -0.25) is 9.59 Å². The lowest BCUT2D eigenvalue weighted by Crippen LogP contribution is -2.17. The van der Waals surface area contributed by atoms with Crippen molar-refractivity contribution in [2.24, 2.45) is 0 Å². The van der Waals surface area contributed by atoms with Gasteiger partial charge in [-0.1, -0.05) is 0 Å². The number of Topliss-reactive ketones (excluding diaryl/α,β-unsaturated/α-hetero) is 1. The van der Waals surface area contributed by atoms with Gasteiger partial charge in [0, 0.05) is 52.9 Å². The third-order valence-corrected chi connectivity index (χ3v) is 5.02. The number of carbonyl (C=O) groups is 2. The Balaban J connectivity index is 1.98. The highest BCUT2D eigenvalue weighted by molar-refractivity contribution is 6.18. The molecule has 22 heavy (non-hydrogen) atoms. The van der Waals surface area contributed by atoms with E-state index in [1.807, 2.05) is 31.3 Å². The van der Waals surface area contributed by atoms with Crippen LogP contribution in [-0.4, -0.2) is 28.6 Å². The molecular formula is C18H14N2O2. The molecule has 4 nitrogen and oxygen atoms in total. The zero-order chi connectivity index (χ0) is 15.0. The molecule has 2 aromatic carbocycles. The molecule has 1 N–H and O–H groups in total. The summed E-state index contributed by atoms with van der Waals surface area (Å²) in [4.78, 5) is 29.5. The standard InChI is InChI=1S/C18H14N2O2/c1-20-8-12-11(18(20)22)3-6-14-17(12)16-10-4-7-15(21)9(10)2-5-13(16)19-14/h2-3,5-6,19H,4,7-8H2,1H3. The molecule has 3 aromatic rings. The van der Waals surface area contributed by atoms with E-state index >= 15 is 0 Å². The maximum atomic E-state index is 12.2. The second-order valence-corrected chi connectivity index (χ2v) is 6.24. The van der Waals surface area contributed by atoms with Crippen molar-refractivity contribution in [3.05, 3.63) is 46.5 Å². The molecule has 1 aromatic heterocycles. The first kappa shape index (κ1) is 12.0. The lowest BCUT2D eigenvalue weighted by Gasteiger charge is -2.06. The quantitative estimate of drug-likeness (QED) is 0.692. The number of rotatable bonds is 0. The van der Waals surface area contributed by atoms with Gasteiger partial charge in [0.15, 0.2) is 5.78 Å². The summed E-state index contributed by atoms with van der Waals surface area (Å²) in [6.07, 6.45) is 1.39. The van der Waals surface area contributed by atoms with Gasteiger partial charge in [-0.25, -0.2) is 0 Å². The Morgan fingerprint density at radius 2 is 1.59 bits per heavy atom. The van der Waals surface area contributed by atoms with Gasteiger partial charge in [-0.2, -0.15) is 0 Å². The molecule has 2 aliphatic rings. The number of fused-ring (bicyclic) bond motifs is 7. The smallest absolute Gasteiger partial charge is 0.254 e. The number of aromatic nitrogens is 1. The van der Waals surface area contributed by atoms with E-state index in [2.05, 4.69) is 4.98 Å². The zero-order valence-corrected chi connectivity index (χ0v) is 12.2. The van der Waals surface area contributed by atoms with Gasteiger partial charge in [0.2, 0.25) is 0 Å². The molecule has 0 saturated heterocycles. The van der Waals surface area contributed by atoms with Crippen LogP contribution < -0.4 is 0 Å². The van der Waals surface area contributed by atoms with Crippen molar-refractivity contribution in [1.82, 2.24) is 9.88 Å². The lowest BCUT2D eigenvalue weighted by atomic mass is 9.98. The number of ketones is 1. The fourth-order valence-corrected chi connectivity index (χ4v) is 3.99. The highest BCUT2D eigenvalue weighted by Crippen LogP contribution is 2.39. The maximum absolute atomic E-state index is 12.2. The van der Waals surface area contributed by atoms with Crippen LogP contribution in [0.5, 0.6) is 0 Å². The average molecular weight is 290 g/mol. The molecule has 2 heterocycles. The summed E-state index contributed by atoms with van der Waals surface area (Å²) in [5.74, 6) is 0.307. The van der Waals surface area contributed by atoms with Gasteiger partial charge < -0.3 is 9.88 Å². The average Bonchev–Trinajstić information content (AvgIpc) is 3.14. The first-order valence-corrected chi connectivity index (χ1v) is 7.53. The molecule has 0 unspecified atom stereocenters. The fraction of sp³-hybridized carbons (Fsp3) is 0.222. The summed E-state index contributed by atoms with van der Waals surface area (Å²) >= 11 is 0. The molecule has 0 bridgehead atoms. The first-order valence-electron chi connectivity index (χ1n) is 7.53. The molecule has 1 aliphatic carbocycles. The Morgan fingerprint density at radius 1 is 0.909 bits per heavy atom.